The monoisotopic (exact) mass is 448 g/mol. The van der Waals surface area contributed by atoms with Crippen LogP contribution in [0.25, 0.3) is 11.5 Å². The Morgan fingerprint density at radius 2 is 1.76 bits per heavy atom. The van der Waals surface area contributed by atoms with Crippen LogP contribution in [0.5, 0.6) is 5.75 Å². The quantitative estimate of drug-likeness (QED) is 0.415. The molecule has 1 atom stereocenters. The Morgan fingerprint density at radius 1 is 0.970 bits per heavy atom. The second kappa shape index (κ2) is 10.8. The van der Waals surface area contributed by atoms with Gasteiger partial charge in [-0.15, -0.1) is 0 Å². The van der Waals surface area contributed by atoms with Crippen molar-refractivity contribution in [3.63, 3.8) is 0 Å². The molecule has 2 amide bonds. The SMILES string of the molecule is Cc1oc(-c2ccccc2)nc1CCOc1ccc(CCCCCC2OC(=O)NC2=O)cc1. The number of nitrogens with one attached hydrogen (secondary N) is 1. The van der Waals surface area contributed by atoms with E-state index in [1.165, 1.54) is 5.56 Å². The summed E-state index contributed by atoms with van der Waals surface area (Å²) in [5.74, 6) is 1.96. The molecule has 0 spiro atoms. The molecule has 0 aliphatic carbocycles. The van der Waals surface area contributed by atoms with Gasteiger partial charge in [0.05, 0.1) is 12.3 Å². The molecule has 3 aromatic rings. The molecule has 1 fully saturated rings. The molecule has 1 aliphatic heterocycles. The molecule has 1 N–H and O–H groups in total. The first-order valence-electron chi connectivity index (χ1n) is 11.3. The van der Waals surface area contributed by atoms with Crippen LogP contribution in [0, 0.1) is 6.92 Å². The number of hydrogen-bond donors (Lipinski definition) is 1. The Labute approximate surface area is 193 Å². The van der Waals surface area contributed by atoms with Gasteiger partial charge in [0.2, 0.25) is 5.89 Å². The number of aromatic nitrogens is 1. The normalized spacial score (nSPS) is 15.4. The molecular weight excluding hydrogens is 420 g/mol. The number of alkyl carbamates (subject to hydrolysis) is 1. The zero-order chi connectivity index (χ0) is 23.0. The summed E-state index contributed by atoms with van der Waals surface area (Å²) in [5.41, 5.74) is 3.12. The summed E-state index contributed by atoms with van der Waals surface area (Å²) in [6, 6.07) is 18.0. The molecule has 7 heteroatoms. The minimum atomic E-state index is -0.639. The third-order valence-corrected chi connectivity index (χ3v) is 5.64. The Morgan fingerprint density at radius 3 is 2.48 bits per heavy atom. The fourth-order valence-electron chi connectivity index (χ4n) is 3.80. The van der Waals surface area contributed by atoms with Crippen molar-refractivity contribution in [3.8, 4) is 17.2 Å². The number of cyclic esters (lactones) is 1. The van der Waals surface area contributed by atoms with Crippen molar-refractivity contribution in [1.29, 1.82) is 0 Å². The van der Waals surface area contributed by atoms with Gasteiger partial charge in [0.1, 0.15) is 11.5 Å². The molecule has 1 unspecified atom stereocenters. The Kier molecular flexibility index (Phi) is 7.40. The Bertz CT molecular complexity index is 1080. The summed E-state index contributed by atoms with van der Waals surface area (Å²) in [6.07, 6.45) is 3.78. The largest absolute Gasteiger partial charge is 0.493 e. The van der Waals surface area contributed by atoms with Crippen LogP contribution in [0.1, 0.15) is 42.7 Å². The lowest BCUT2D eigenvalue weighted by Gasteiger charge is -2.08. The zero-order valence-electron chi connectivity index (χ0n) is 18.7. The summed E-state index contributed by atoms with van der Waals surface area (Å²) >= 11 is 0. The number of unbranched alkanes of at least 4 members (excludes halogenated alkanes) is 2. The van der Waals surface area contributed by atoms with E-state index in [-0.39, 0.29) is 5.91 Å². The first kappa shape index (κ1) is 22.6. The summed E-state index contributed by atoms with van der Waals surface area (Å²) < 4.78 is 16.6. The van der Waals surface area contributed by atoms with Crippen molar-refractivity contribution < 1.29 is 23.5 Å². The van der Waals surface area contributed by atoms with Crippen LogP contribution in [0.15, 0.2) is 59.0 Å². The van der Waals surface area contributed by atoms with E-state index in [1.807, 2.05) is 49.4 Å². The van der Waals surface area contributed by atoms with Crippen molar-refractivity contribution in [2.45, 2.75) is 51.6 Å². The van der Waals surface area contributed by atoms with E-state index in [1.54, 1.807) is 0 Å². The van der Waals surface area contributed by atoms with E-state index < -0.39 is 12.2 Å². The number of carbonyl (C=O) groups excluding carboxylic acids is 2. The number of carbonyl (C=O) groups is 2. The van der Waals surface area contributed by atoms with Crippen molar-refractivity contribution in [3.05, 3.63) is 71.6 Å². The standard InChI is InChI=1S/C26H28N2O5/c1-18-22(27-25(32-18)20-9-5-3-6-10-20)16-17-31-21-14-12-19(13-15-21)8-4-2-7-11-23-24(29)28-26(30)33-23/h3,5-6,9-10,12-15,23H,2,4,7-8,11,16-17H2,1H3,(H,28,29,30). The van der Waals surface area contributed by atoms with Crippen LogP contribution in [-0.4, -0.2) is 29.7 Å². The second-order valence-electron chi connectivity index (χ2n) is 8.11. The predicted octanol–water partition coefficient (Wildman–Crippen LogP) is 5.01. The van der Waals surface area contributed by atoms with Gasteiger partial charge in [-0.1, -0.05) is 36.8 Å². The van der Waals surface area contributed by atoms with Crippen LogP contribution < -0.4 is 10.1 Å². The Balaban J connectivity index is 1.15. The molecule has 172 valence electrons. The van der Waals surface area contributed by atoms with Gasteiger partial charge in [-0.05, 0) is 62.4 Å². The number of benzene rings is 2. The molecule has 1 saturated heterocycles. The summed E-state index contributed by atoms with van der Waals surface area (Å²) in [7, 11) is 0. The van der Waals surface area contributed by atoms with Crippen molar-refractivity contribution in [1.82, 2.24) is 10.3 Å². The van der Waals surface area contributed by atoms with E-state index in [0.717, 1.165) is 48.5 Å². The minimum absolute atomic E-state index is 0.328. The highest BCUT2D eigenvalue weighted by atomic mass is 16.6. The number of imide groups is 1. The first-order valence-corrected chi connectivity index (χ1v) is 11.3. The van der Waals surface area contributed by atoms with Crippen LogP contribution in [0.2, 0.25) is 0 Å². The van der Waals surface area contributed by atoms with Crippen LogP contribution in [-0.2, 0) is 22.4 Å². The average Bonchev–Trinajstić information content (AvgIpc) is 3.35. The number of aryl methyl sites for hydroxylation is 2. The van der Waals surface area contributed by atoms with Gasteiger partial charge >= 0.3 is 6.09 Å². The number of amides is 2. The lowest BCUT2D eigenvalue weighted by molar-refractivity contribution is -0.123. The molecular formula is C26H28N2O5. The number of rotatable bonds is 11. The van der Waals surface area contributed by atoms with E-state index in [2.05, 4.69) is 22.4 Å². The summed E-state index contributed by atoms with van der Waals surface area (Å²) in [6.45, 7) is 2.46. The van der Waals surface area contributed by atoms with Crippen LogP contribution >= 0.6 is 0 Å². The third kappa shape index (κ3) is 6.22. The van der Waals surface area contributed by atoms with Gasteiger partial charge < -0.3 is 13.9 Å². The summed E-state index contributed by atoms with van der Waals surface area (Å²) in [5, 5.41) is 2.15. The predicted molar refractivity (Wildman–Crippen MR) is 123 cm³/mol. The van der Waals surface area contributed by atoms with E-state index in [0.29, 0.717) is 25.3 Å². The maximum atomic E-state index is 11.5. The molecule has 33 heavy (non-hydrogen) atoms. The van der Waals surface area contributed by atoms with E-state index in [4.69, 9.17) is 13.9 Å². The lowest BCUT2D eigenvalue weighted by Crippen LogP contribution is -2.24. The molecule has 2 aromatic carbocycles. The van der Waals surface area contributed by atoms with Gasteiger partial charge in [-0.3, -0.25) is 10.1 Å². The highest BCUT2D eigenvalue weighted by Gasteiger charge is 2.31. The molecule has 0 radical (unpaired) electrons. The highest BCUT2D eigenvalue weighted by molar-refractivity contribution is 5.99. The molecule has 2 heterocycles. The maximum Gasteiger partial charge on any atom is 0.414 e. The van der Waals surface area contributed by atoms with Crippen molar-refractivity contribution in [2.24, 2.45) is 0 Å². The second-order valence-corrected chi connectivity index (χ2v) is 8.11. The zero-order valence-corrected chi connectivity index (χ0v) is 18.7. The molecule has 4 rings (SSSR count). The van der Waals surface area contributed by atoms with Gasteiger partial charge in [0.25, 0.3) is 5.91 Å². The van der Waals surface area contributed by atoms with Crippen LogP contribution in [0.4, 0.5) is 4.79 Å². The van der Waals surface area contributed by atoms with Crippen LogP contribution in [0.3, 0.4) is 0 Å². The fourth-order valence-corrected chi connectivity index (χ4v) is 3.80. The van der Waals surface area contributed by atoms with Gasteiger partial charge in [-0.2, -0.15) is 0 Å². The average molecular weight is 449 g/mol. The maximum absolute atomic E-state index is 11.5. The minimum Gasteiger partial charge on any atom is -0.493 e. The smallest absolute Gasteiger partial charge is 0.414 e. The Hall–Kier alpha value is -3.61. The van der Waals surface area contributed by atoms with Crippen molar-refractivity contribution in [2.75, 3.05) is 6.61 Å². The molecule has 0 saturated carbocycles. The molecule has 1 aromatic heterocycles. The molecule has 0 bridgehead atoms. The molecule has 1 aliphatic rings. The van der Waals surface area contributed by atoms with Gasteiger partial charge in [0.15, 0.2) is 6.10 Å². The number of hydrogen-bond acceptors (Lipinski definition) is 6. The van der Waals surface area contributed by atoms with Gasteiger partial charge in [-0.25, -0.2) is 9.78 Å². The topological polar surface area (TPSA) is 90.7 Å². The number of ether oxygens (including phenoxy) is 2. The third-order valence-electron chi connectivity index (χ3n) is 5.64. The highest BCUT2D eigenvalue weighted by Crippen LogP contribution is 2.22. The van der Waals surface area contributed by atoms with E-state index in [9.17, 15) is 9.59 Å². The van der Waals surface area contributed by atoms with Crippen molar-refractivity contribution >= 4 is 12.0 Å². The molecule has 7 nitrogen and oxygen atoms in total. The summed E-state index contributed by atoms with van der Waals surface area (Å²) in [4.78, 5) is 27.1. The van der Waals surface area contributed by atoms with E-state index >= 15 is 0 Å². The first-order chi connectivity index (χ1) is 16.1. The number of nitrogens with zero attached hydrogens (tertiary/aromatic N) is 1. The van der Waals surface area contributed by atoms with Gasteiger partial charge in [0, 0.05) is 12.0 Å². The fraction of sp³-hybridized carbons (Fsp3) is 0.346. The lowest BCUT2D eigenvalue weighted by atomic mass is 10.0. The number of oxazole rings is 1.